The van der Waals surface area contributed by atoms with Crippen LogP contribution in [0.4, 0.5) is 0 Å². The number of ether oxygens (including phenoxy) is 2. The summed E-state index contributed by atoms with van der Waals surface area (Å²) in [6, 6.07) is 5.76. The van der Waals surface area contributed by atoms with E-state index in [-0.39, 0.29) is 24.1 Å². The van der Waals surface area contributed by atoms with E-state index in [0.29, 0.717) is 22.3 Å². The summed E-state index contributed by atoms with van der Waals surface area (Å²) in [7, 11) is 0. The number of aliphatic hydroxyl groups is 2. The lowest BCUT2D eigenvalue weighted by Crippen LogP contribution is -2.25. The summed E-state index contributed by atoms with van der Waals surface area (Å²) in [5.41, 5.74) is 0.206. The average Bonchev–Trinajstić information content (AvgIpc) is 3.16. The van der Waals surface area contributed by atoms with Crippen molar-refractivity contribution in [3.63, 3.8) is 0 Å². The Bertz CT molecular complexity index is 924. The fourth-order valence-corrected chi connectivity index (χ4v) is 6.34. The van der Waals surface area contributed by atoms with Crippen molar-refractivity contribution >= 4 is 29.5 Å². The van der Waals surface area contributed by atoms with Crippen LogP contribution in [0.25, 0.3) is 0 Å². The monoisotopic (exact) mass is 477 g/mol. The van der Waals surface area contributed by atoms with E-state index in [4.69, 9.17) is 9.47 Å². The summed E-state index contributed by atoms with van der Waals surface area (Å²) in [5, 5.41) is 29.9. The van der Waals surface area contributed by atoms with Crippen molar-refractivity contribution in [3.8, 4) is 11.8 Å². The Balaban J connectivity index is 1.75. The van der Waals surface area contributed by atoms with Crippen LogP contribution in [0.2, 0.25) is 0 Å². The van der Waals surface area contributed by atoms with Crippen LogP contribution in [0.15, 0.2) is 31.7 Å². The predicted octanol–water partition coefficient (Wildman–Crippen LogP) is 5.16. The Kier molecular flexibility index (Phi) is 8.34. The lowest BCUT2D eigenvalue weighted by molar-refractivity contribution is -0.140. The minimum Gasteiger partial charge on any atom is -0.425 e. The van der Waals surface area contributed by atoms with Gasteiger partial charge in [-0.05, 0) is 70.4 Å². The first-order chi connectivity index (χ1) is 15.1. The quantitative estimate of drug-likeness (QED) is 0.241. The van der Waals surface area contributed by atoms with Crippen molar-refractivity contribution < 1.29 is 24.5 Å². The van der Waals surface area contributed by atoms with Crippen LogP contribution in [0.1, 0.15) is 58.4 Å². The van der Waals surface area contributed by atoms with E-state index in [0.717, 1.165) is 41.0 Å². The lowest BCUT2D eigenvalue weighted by Gasteiger charge is -2.24. The molecule has 1 unspecified atom stereocenters. The summed E-state index contributed by atoms with van der Waals surface area (Å²) in [4.78, 5) is 14.5. The second kappa shape index (κ2) is 10.6. The molecule has 1 saturated carbocycles. The first-order valence-electron chi connectivity index (χ1n) is 11.0. The van der Waals surface area contributed by atoms with E-state index in [1.54, 1.807) is 19.9 Å². The molecule has 1 aliphatic carbocycles. The van der Waals surface area contributed by atoms with Gasteiger partial charge in [0, 0.05) is 4.90 Å². The molecule has 2 N–H and O–H groups in total. The SMILES string of the molecule is Cc1ccc(OC(=O)C2CCC(C)CC2)c2c1S/C(=C(\C#N)C(O)OCCC(C)(C)O)S2. The third-order valence-corrected chi connectivity index (χ3v) is 8.58. The zero-order chi connectivity index (χ0) is 23.5. The van der Waals surface area contributed by atoms with E-state index in [2.05, 4.69) is 13.0 Å². The van der Waals surface area contributed by atoms with Gasteiger partial charge in [-0.2, -0.15) is 5.26 Å². The highest BCUT2D eigenvalue weighted by molar-refractivity contribution is 8.24. The molecule has 0 amide bonds. The molecule has 6 nitrogen and oxygen atoms in total. The molecule has 0 bridgehead atoms. The molecule has 32 heavy (non-hydrogen) atoms. The molecule has 1 aromatic carbocycles. The molecule has 0 aromatic heterocycles. The summed E-state index contributed by atoms with van der Waals surface area (Å²) in [6.45, 7) is 7.61. The number of fused-ring (bicyclic) bond motifs is 1. The Morgan fingerprint density at radius 2 is 1.91 bits per heavy atom. The zero-order valence-electron chi connectivity index (χ0n) is 19.0. The molecule has 1 aromatic rings. The Morgan fingerprint density at radius 1 is 1.25 bits per heavy atom. The van der Waals surface area contributed by atoms with Crippen molar-refractivity contribution in [2.75, 3.05) is 6.61 Å². The van der Waals surface area contributed by atoms with Gasteiger partial charge in [-0.15, -0.1) is 0 Å². The lowest BCUT2D eigenvalue weighted by atomic mass is 9.83. The average molecular weight is 478 g/mol. The molecular weight excluding hydrogens is 446 g/mol. The van der Waals surface area contributed by atoms with Gasteiger partial charge in [0.05, 0.1) is 27.3 Å². The Labute approximate surface area is 198 Å². The second-order valence-electron chi connectivity index (χ2n) is 9.22. The van der Waals surface area contributed by atoms with Gasteiger partial charge in [0.2, 0.25) is 0 Å². The molecule has 1 atom stereocenters. The number of esters is 1. The van der Waals surface area contributed by atoms with Crippen LogP contribution in [-0.4, -0.2) is 34.7 Å². The van der Waals surface area contributed by atoms with Crippen molar-refractivity contribution in [2.24, 2.45) is 11.8 Å². The van der Waals surface area contributed by atoms with Gasteiger partial charge in [0.1, 0.15) is 17.4 Å². The van der Waals surface area contributed by atoms with Crippen LogP contribution >= 0.6 is 23.5 Å². The first kappa shape index (κ1) is 25.1. The molecule has 3 rings (SSSR count). The number of nitriles is 1. The summed E-state index contributed by atoms with van der Waals surface area (Å²) in [5.74, 6) is 0.889. The highest BCUT2D eigenvalue weighted by Crippen LogP contribution is 2.57. The molecule has 174 valence electrons. The van der Waals surface area contributed by atoms with Gasteiger partial charge in [0.15, 0.2) is 6.29 Å². The van der Waals surface area contributed by atoms with E-state index in [1.165, 1.54) is 23.5 Å². The fraction of sp³-hybridized carbons (Fsp3) is 0.583. The second-order valence-corrected chi connectivity index (χ2v) is 11.5. The van der Waals surface area contributed by atoms with Crippen LogP contribution in [0.3, 0.4) is 0 Å². The van der Waals surface area contributed by atoms with Crippen LogP contribution < -0.4 is 4.74 Å². The highest BCUT2D eigenvalue weighted by atomic mass is 32.2. The minimum absolute atomic E-state index is 0.0714. The van der Waals surface area contributed by atoms with E-state index < -0.39 is 11.9 Å². The summed E-state index contributed by atoms with van der Waals surface area (Å²) in [6.07, 6.45) is 2.74. The number of aliphatic hydroxyl groups excluding tert-OH is 1. The van der Waals surface area contributed by atoms with Gasteiger partial charge < -0.3 is 19.7 Å². The maximum absolute atomic E-state index is 12.8. The molecule has 0 spiro atoms. The van der Waals surface area contributed by atoms with Gasteiger partial charge in [-0.3, -0.25) is 4.79 Å². The number of rotatable bonds is 7. The third kappa shape index (κ3) is 6.30. The largest absolute Gasteiger partial charge is 0.425 e. The van der Waals surface area contributed by atoms with Crippen molar-refractivity contribution in [3.05, 3.63) is 27.5 Å². The topological polar surface area (TPSA) is 99.8 Å². The van der Waals surface area contributed by atoms with E-state index in [1.807, 2.05) is 13.0 Å². The number of carbonyl (C=O) groups excluding carboxylic acids is 1. The molecule has 8 heteroatoms. The molecule has 1 aliphatic heterocycles. The summed E-state index contributed by atoms with van der Waals surface area (Å²) < 4.78 is 11.8. The van der Waals surface area contributed by atoms with Gasteiger partial charge in [0.25, 0.3) is 0 Å². The van der Waals surface area contributed by atoms with Crippen molar-refractivity contribution in [1.29, 1.82) is 5.26 Å². The maximum atomic E-state index is 12.8. The fourth-order valence-electron chi connectivity index (χ4n) is 3.66. The predicted molar refractivity (Wildman–Crippen MR) is 125 cm³/mol. The van der Waals surface area contributed by atoms with Gasteiger partial charge in [-0.25, -0.2) is 0 Å². The number of carbonyl (C=O) groups is 1. The molecule has 0 radical (unpaired) electrons. The normalized spacial score (nSPS) is 23.3. The van der Waals surface area contributed by atoms with Gasteiger partial charge in [-0.1, -0.05) is 36.5 Å². The number of thioether (sulfide) groups is 2. The maximum Gasteiger partial charge on any atom is 0.314 e. The number of aryl methyl sites for hydroxylation is 1. The number of hydrogen-bond acceptors (Lipinski definition) is 8. The highest BCUT2D eigenvalue weighted by Gasteiger charge is 2.32. The third-order valence-electron chi connectivity index (χ3n) is 5.80. The van der Waals surface area contributed by atoms with Crippen LogP contribution in [0, 0.1) is 30.1 Å². The van der Waals surface area contributed by atoms with Crippen LogP contribution in [0.5, 0.6) is 5.75 Å². The molecule has 1 heterocycles. The Hall–Kier alpha value is -1.50. The van der Waals surface area contributed by atoms with E-state index in [9.17, 15) is 20.3 Å². The zero-order valence-corrected chi connectivity index (χ0v) is 20.6. The molecule has 2 aliphatic rings. The number of benzene rings is 1. The first-order valence-corrected chi connectivity index (χ1v) is 12.6. The molecule has 0 saturated heterocycles. The standard InChI is InChI=1S/C24H31NO5S2/c1-14-5-8-16(9-6-14)21(26)30-18-10-7-15(2)19-20(18)32-23(31-19)17(13-25)22(27)29-12-11-24(3,4)28/h7,10,14,16,22,27-28H,5-6,8-9,11-12H2,1-4H3/b23-17-. The summed E-state index contributed by atoms with van der Waals surface area (Å²) >= 11 is 2.70. The van der Waals surface area contributed by atoms with Crippen LogP contribution in [-0.2, 0) is 9.53 Å². The smallest absolute Gasteiger partial charge is 0.314 e. The Morgan fingerprint density at radius 3 is 2.53 bits per heavy atom. The van der Waals surface area contributed by atoms with E-state index >= 15 is 0 Å². The van der Waals surface area contributed by atoms with Crippen molar-refractivity contribution in [1.82, 2.24) is 0 Å². The molecular formula is C24H31NO5S2. The van der Waals surface area contributed by atoms with Crippen molar-refractivity contribution in [2.45, 2.75) is 81.5 Å². The number of nitrogens with zero attached hydrogens (tertiary/aromatic N) is 1. The molecule has 1 fully saturated rings. The minimum atomic E-state index is -1.39. The van der Waals surface area contributed by atoms with Gasteiger partial charge >= 0.3 is 5.97 Å². The number of hydrogen-bond donors (Lipinski definition) is 2.